The molecule has 4 aromatic rings. The molecular weight excluding hydrogens is 510 g/mol. The highest BCUT2D eigenvalue weighted by molar-refractivity contribution is 8.00. The van der Waals surface area contributed by atoms with E-state index in [-0.39, 0.29) is 11.8 Å². The van der Waals surface area contributed by atoms with Gasteiger partial charge in [-0.2, -0.15) is 0 Å². The number of fused-ring (bicyclic) bond motifs is 1. The molecule has 1 aromatic heterocycles. The van der Waals surface area contributed by atoms with Gasteiger partial charge in [0.1, 0.15) is 0 Å². The Hall–Kier alpha value is -3.91. The number of para-hydroxylation sites is 1. The van der Waals surface area contributed by atoms with Gasteiger partial charge >= 0.3 is 0 Å². The maximum absolute atomic E-state index is 12.7. The molecule has 0 saturated heterocycles. The molecule has 2 amide bonds. The van der Waals surface area contributed by atoms with Crippen LogP contribution < -0.4 is 20.1 Å². The highest BCUT2D eigenvalue weighted by Gasteiger charge is 2.13. The molecule has 3 aromatic carbocycles. The molecular formula is C31H35N3O4S. The van der Waals surface area contributed by atoms with Gasteiger partial charge in [-0.05, 0) is 54.8 Å². The Morgan fingerprint density at radius 2 is 1.72 bits per heavy atom. The van der Waals surface area contributed by atoms with Crippen LogP contribution in [0.2, 0.25) is 0 Å². The first-order chi connectivity index (χ1) is 19.0. The average Bonchev–Trinajstić information content (AvgIpc) is 3.32. The summed E-state index contributed by atoms with van der Waals surface area (Å²) in [5.41, 5.74) is 3.66. The van der Waals surface area contributed by atoms with E-state index in [4.69, 9.17) is 9.47 Å². The number of thioether (sulfide) groups is 1. The van der Waals surface area contributed by atoms with Gasteiger partial charge < -0.3 is 24.7 Å². The topological polar surface area (TPSA) is 81.6 Å². The summed E-state index contributed by atoms with van der Waals surface area (Å²) >= 11 is 1.51. The van der Waals surface area contributed by atoms with Crippen LogP contribution >= 0.6 is 11.8 Å². The van der Waals surface area contributed by atoms with Gasteiger partial charge in [0.2, 0.25) is 5.91 Å². The summed E-state index contributed by atoms with van der Waals surface area (Å²) in [6.45, 7) is 3.23. The van der Waals surface area contributed by atoms with Gasteiger partial charge in [-0.3, -0.25) is 9.59 Å². The highest BCUT2D eigenvalue weighted by atomic mass is 32.2. The Kier molecular flexibility index (Phi) is 9.91. The van der Waals surface area contributed by atoms with E-state index in [2.05, 4.69) is 46.4 Å². The second kappa shape index (κ2) is 13.8. The van der Waals surface area contributed by atoms with Crippen molar-refractivity contribution in [2.75, 3.05) is 31.8 Å². The lowest BCUT2D eigenvalue weighted by atomic mass is 10.1. The average molecular weight is 546 g/mol. The summed E-state index contributed by atoms with van der Waals surface area (Å²) in [5, 5.41) is 7.06. The fourth-order valence-corrected chi connectivity index (χ4v) is 5.25. The lowest BCUT2D eigenvalue weighted by Crippen LogP contribution is -2.27. The number of methoxy groups -OCH3 is 2. The van der Waals surface area contributed by atoms with E-state index >= 15 is 0 Å². The Morgan fingerprint density at radius 3 is 2.46 bits per heavy atom. The van der Waals surface area contributed by atoms with Gasteiger partial charge in [0.25, 0.3) is 5.91 Å². The van der Waals surface area contributed by atoms with E-state index in [0.717, 1.165) is 27.9 Å². The molecule has 0 fully saturated rings. The smallest absolute Gasteiger partial charge is 0.251 e. The third-order valence-corrected chi connectivity index (χ3v) is 7.49. The number of carbonyl (C=O) groups is 2. The summed E-state index contributed by atoms with van der Waals surface area (Å²) < 4.78 is 12.7. The Balaban J connectivity index is 1.34. The number of unbranched alkanes of at least 4 members (excludes halogenated alkanes) is 1. The number of anilines is 1. The number of nitrogens with zero attached hydrogens (tertiary/aromatic N) is 1. The third kappa shape index (κ3) is 7.35. The number of nitrogens with one attached hydrogen (secondary N) is 2. The number of rotatable bonds is 13. The molecule has 4 rings (SSSR count). The van der Waals surface area contributed by atoms with E-state index in [1.54, 1.807) is 32.4 Å². The summed E-state index contributed by atoms with van der Waals surface area (Å²) in [5.74, 6) is 1.17. The summed E-state index contributed by atoms with van der Waals surface area (Å²) in [7, 11) is 3.10. The number of carbonyl (C=O) groups excluding carboxylic acids is 2. The maximum Gasteiger partial charge on any atom is 0.251 e. The number of hydrogen-bond acceptors (Lipinski definition) is 5. The second-order valence-corrected chi connectivity index (χ2v) is 10.2. The molecule has 0 unspecified atom stereocenters. The van der Waals surface area contributed by atoms with Gasteiger partial charge in [-0.15, -0.1) is 11.8 Å². The molecule has 0 bridgehead atoms. The number of amides is 2. The van der Waals surface area contributed by atoms with Crippen molar-refractivity contribution >= 4 is 40.2 Å². The van der Waals surface area contributed by atoms with Crippen molar-refractivity contribution in [2.24, 2.45) is 0 Å². The minimum atomic E-state index is -0.183. The molecule has 0 aliphatic heterocycles. The molecule has 0 saturated carbocycles. The zero-order chi connectivity index (χ0) is 27.6. The van der Waals surface area contributed by atoms with Crippen molar-refractivity contribution in [3.8, 4) is 11.5 Å². The molecule has 8 heteroatoms. The van der Waals surface area contributed by atoms with Crippen LogP contribution in [-0.4, -0.2) is 42.9 Å². The molecule has 0 aliphatic carbocycles. The van der Waals surface area contributed by atoms with Crippen LogP contribution in [0.25, 0.3) is 10.9 Å². The van der Waals surface area contributed by atoms with Crippen LogP contribution in [0.1, 0.15) is 35.7 Å². The van der Waals surface area contributed by atoms with E-state index in [9.17, 15) is 9.59 Å². The fourth-order valence-electron chi connectivity index (χ4n) is 4.36. The molecule has 204 valence electrons. The largest absolute Gasteiger partial charge is 0.493 e. The van der Waals surface area contributed by atoms with Gasteiger partial charge in [-0.1, -0.05) is 43.7 Å². The molecule has 1 heterocycles. The van der Waals surface area contributed by atoms with Crippen molar-refractivity contribution in [3.05, 3.63) is 84.1 Å². The van der Waals surface area contributed by atoms with Crippen LogP contribution in [0.4, 0.5) is 5.69 Å². The first-order valence-corrected chi connectivity index (χ1v) is 14.1. The van der Waals surface area contributed by atoms with E-state index < -0.39 is 0 Å². The predicted molar refractivity (Wildman–Crippen MR) is 158 cm³/mol. The number of ether oxygens (including phenoxy) is 2. The SMILES string of the molecule is CCCCc1ccc(NC(=O)CSc2cn(CCNC(=O)c3ccc(OC)c(OC)c3)c3ccccc23)cc1. The minimum absolute atomic E-state index is 0.0414. The van der Waals surface area contributed by atoms with Crippen molar-refractivity contribution in [1.29, 1.82) is 0 Å². The third-order valence-electron chi connectivity index (χ3n) is 6.45. The minimum Gasteiger partial charge on any atom is -0.493 e. The summed E-state index contributed by atoms with van der Waals surface area (Å²) in [6.07, 6.45) is 5.44. The Bertz CT molecular complexity index is 1420. The standard InChI is InChI=1S/C31H35N3O4S/c1-4-5-8-22-11-14-24(15-12-22)33-30(35)21-39-29-20-34(26-10-7-6-9-25(26)29)18-17-32-31(36)23-13-16-27(37-2)28(19-23)38-3/h6-7,9-16,19-20H,4-5,8,17-18,21H2,1-3H3,(H,32,36)(H,33,35). The first-order valence-electron chi connectivity index (χ1n) is 13.1. The number of benzene rings is 3. The predicted octanol–water partition coefficient (Wildman–Crippen LogP) is 6.16. The lowest BCUT2D eigenvalue weighted by Gasteiger charge is -2.10. The molecule has 0 spiro atoms. The van der Waals surface area contributed by atoms with Crippen LogP contribution in [0.5, 0.6) is 11.5 Å². The van der Waals surface area contributed by atoms with Crippen molar-refractivity contribution in [1.82, 2.24) is 9.88 Å². The first kappa shape index (κ1) is 28.1. The Morgan fingerprint density at radius 1 is 0.949 bits per heavy atom. The Labute approximate surface area is 233 Å². The normalized spacial score (nSPS) is 10.8. The highest BCUT2D eigenvalue weighted by Crippen LogP contribution is 2.30. The fraction of sp³-hybridized carbons (Fsp3) is 0.290. The van der Waals surface area contributed by atoms with Crippen molar-refractivity contribution < 1.29 is 19.1 Å². The van der Waals surface area contributed by atoms with E-state index in [1.807, 2.05) is 30.5 Å². The summed E-state index contributed by atoms with van der Waals surface area (Å²) in [4.78, 5) is 26.4. The van der Waals surface area contributed by atoms with Gasteiger partial charge in [0.15, 0.2) is 11.5 Å². The van der Waals surface area contributed by atoms with Crippen LogP contribution in [0.15, 0.2) is 77.8 Å². The van der Waals surface area contributed by atoms with Gasteiger partial charge in [-0.25, -0.2) is 0 Å². The maximum atomic E-state index is 12.7. The number of aryl methyl sites for hydroxylation is 1. The van der Waals surface area contributed by atoms with Gasteiger partial charge in [0, 0.05) is 46.3 Å². The number of hydrogen-bond donors (Lipinski definition) is 2. The molecule has 0 radical (unpaired) electrons. The van der Waals surface area contributed by atoms with E-state index in [1.165, 1.54) is 30.2 Å². The quantitative estimate of drug-likeness (QED) is 0.197. The van der Waals surface area contributed by atoms with E-state index in [0.29, 0.717) is 35.9 Å². The molecule has 39 heavy (non-hydrogen) atoms. The summed E-state index contributed by atoms with van der Waals surface area (Å²) in [6, 6.07) is 21.3. The monoisotopic (exact) mass is 545 g/mol. The zero-order valence-corrected chi connectivity index (χ0v) is 23.5. The van der Waals surface area contributed by atoms with Crippen LogP contribution in [0.3, 0.4) is 0 Å². The van der Waals surface area contributed by atoms with Gasteiger partial charge in [0.05, 0.1) is 20.0 Å². The van der Waals surface area contributed by atoms with Crippen LogP contribution in [-0.2, 0) is 17.8 Å². The molecule has 7 nitrogen and oxygen atoms in total. The van der Waals surface area contributed by atoms with Crippen molar-refractivity contribution in [3.63, 3.8) is 0 Å². The molecule has 2 N–H and O–H groups in total. The lowest BCUT2D eigenvalue weighted by molar-refractivity contribution is -0.113. The second-order valence-electron chi connectivity index (χ2n) is 9.17. The zero-order valence-electron chi connectivity index (χ0n) is 22.7. The number of aromatic nitrogens is 1. The van der Waals surface area contributed by atoms with Crippen molar-refractivity contribution in [2.45, 2.75) is 37.6 Å². The van der Waals surface area contributed by atoms with Crippen LogP contribution in [0, 0.1) is 0 Å². The molecule has 0 atom stereocenters. The molecule has 0 aliphatic rings.